The summed E-state index contributed by atoms with van der Waals surface area (Å²) in [5, 5.41) is 6.88. The zero-order valence-corrected chi connectivity index (χ0v) is 15.9. The zero-order valence-electron chi connectivity index (χ0n) is 15.9. The molecule has 0 radical (unpaired) electrons. The van der Waals surface area contributed by atoms with Crippen molar-refractivity contribution in [3.63, 3.8) is 0 Å². The highest BCUT2D eigenvalue weighted by molar-refractivity contribution is 5.97. The van der Waals surface area contributed by atoms with Crippen LogP contribution in [0, 0.1) is 9.81 Å². The van der Waals surface area contributed by atoms with Crippen LogP contribution in [0.4, 0.5) is 5.69 Å². The molecule has 28 heavy (non-hydrogen) atoms. The van der Waals surface area contributed by atoms with E-state index in [-0.39, 0.29) is 31.6 Å². The first-order valence-electron chi connectivity index (χ1n) is 8.55. The molecule has 0 spiro atoms. The summed E-state index contributed by atoms with van der Waals surface area (Å²) in [6.45, 7) is 3.38. The van der Waals surface area contributed by atoms with Gasteiger partial charge in [0.2, 0.25) is 0 Å². The van der Waals surface area contributed by atoms with Crippen molar-refractivity contribution in [2.45, 2.75) is 32.7 Å². The number of hydrogen-bond donors (Lipinski definition) is 0. The highest BCUT2D eigenvalue weighted by Crippen LogP contribution is 2.19. The van der Waals surface area contributed by atoms with Gasteiger partial charge in [-0.1, -0.05) is 0 Å². The van der Waals surface area contributed by atoms with Crippen LogP contribution < -0.4 is 5.01 Å². The molecule has 0 aliphatic rings. The Kier molecular flexibility index (Phi) is 9.20. The molecule has 0 aliphatic carbocycles. The fourth-order valence-corrected chi connectivity index (χ4v) is 2.30. The highest BCUT2D eigenvalue weighted by Gasteiger charge is 2.33. The van der Waals surface area contributed by atoms with Crippen LogP contribution in [0.5, 0.6) is 0 Å². The number of rotatable bonds is 11. The first-order chi connectivity index (χ1) is 13.4. The van der Waals surface area contributed by atoms with E-state index < -0.39 is 23.9 Å². The van der Waals surface area contributed by atoms with E-state index in [0.29, 0.717) is 10.7 Å². The van der Waals surface area contributed by atoms with Gasteiger partial charge in [0, 0.05) is 19.0 Å². The largest absolute Gasteiger partial charge is 0.466 e. The third-order valence-electron chi connectivity index (χ3n) is 3.69. The standard InChI is InChI=1S/C17H22N4O7/c1-4-27-15(22)11-10-14(17(24)28-5-2)21(19-26)16(23)12-6-8-13(9-7-12)20(3)18-25/h6-9,14H,4-5,10-11H2,1-3H3/t14-/m1/s1. The fraction of sp³-hybridized carbons (Fsp3) is 0.471. The summed E-state index contributed by atoms with van der Waals surface area (Å²) >= 11 is 0. The molecule has 0 unspecified atom stereocenters. The molecule has 0 aromatic heterocycles. The zero-order chi connectivity index (χ0) is 21.1. The van der Waals surface area contributed by atoms with Crippen molar-refractivity contribution in [1.29, 1.82) is 0 Å². The molecular weight excluding hydrogens is 372 g/mol. The molecule has 1 aromatic rings. The topological polar surface area (TPSA) is 135 Å². The molecule has 11 nitrogen and oxygen atoms in total. The van der Waals surface area contributed by atoms with Crippen LogP contribution in [-0.4, -0.2) is 49.2 Å². The van der Waals surface area contributed by atoms with Gasteiger partial charge in [-0.2, -0.15) is 5.01 Å². The number of hydrogen-bond acceptors (Lipinski definition) is 9. The molecule has 0 saturated carbocycles. The van der Waals surface area contributed by atoms with Crippen LogP contribution in [0.3, 0.4) is 0 Å². The summed E-state index contributed by atoms with van der Waals surface area (Å²) in [7, 11) is 1.43. The minimum absolute atomic E-state index is 0.0232. The molecule has 1 aromatic carbocycles. The van der Waals surface area contributed by atoms with Crippen molar-refractivity contribution in [3.05, 3.63) is 39.6 Å². The van der Waals surface area contributed by atoms with Crippen molar-refractivity contribution in [2.75, 3.05) is 25.3 Å². The second-order valence-electron chi connectivity index (χ2n) is 5.50. The Hall–Kier alpha value is -3.37. The van der Waals surface area contributed by atoms with Gasteiger partial charge in [-0.3, -0.25) is 9.59 Å². The second-order valence-corrected chi connectivity index (χ2v) is 5.50. The number of amides is 1. The Bertz CT molecular complexity index is 708. The number of benzene rings is 1. The monoisotopic (exact) mass is 394 g/mol. The lowest BCUT2D eigenvalue weighted by Crippen LogP contribution is -2.42. The van der Waals surface area contributed by atoms with Crippen LogP contribution in [-0.2, 0) is 19.1 Å². The maximum atomic E-state index is 12.7. The van der Waals surface area contributed by atoms with E-state index in [1.54, 1.807) is 13.8 Å². The molecule has 1 amide bonds. The molecule has 11 heteroatoms. The molecule has 1 rings (SSSR count). The summed E-state index contributed by atoms with van der Waals surface area (Å²) in [6, 6.07) is 4.20. The van der Waals surface area contributed by atoms with Gasteiger partial charge in [0.1, 0.15) is 0 Å². The predicted molar refractivity (Wildman–Crippen MR) is 98.9 cm³/mol. The van der Waals surface area contributed by atoms with Gasteiger partial charge in [0.25, 0.3) is 5.91 Å². The van der Waals surface area contributed by atoms with Crippen LogP contribution in [0.15, 0.2) is 34.8 Å². The van der Waals surface area contributed by atoms with Gasteiger partial charge in [-0.05, 0) is 44.5 Å². The maximum Gasteiger partial charge on any atom is 0.331 e. The molecule has 0 aliphatic heterocycles. The molecule has 0 heterocycles. The third kappa shape index (κ3) is 6.11. The van der Waals surface area contributed by atoms with Gasteiger partial charge in [0.05, 0.1) is 29.5 Å². The summed E-state index contributed by atoms with van der Waals surface area (Å²) in [5.41, 5.74) is 0.467. The Morgan fingerprint density at radius 3 is 2.11 bits per heavy atom. The summed E-state index contributed by atoms with van der Waals surface area (Å²) in [4.78, 5) is 58.3. The van der Waals surface area contributed by atoms with Crippen molar-refractivity contribution < 1.29 is 23.9 Å². The number of anilines is 1. The molecule has 152 valence electrons. The Balaban J connectivity index is 3.05. The van der Waals surface area contributed by atoms with Crippen molar-refractivity contribution in [1.82, 2.24) is 5.01 Å². The number of esters is 2. The first kappa shape index (κ1) is 22.7. The van der Waals surface area contributed by atoms with Crippen LogP contribution >= 0.6 is 0 Å². The van der Waals surface area contributed by atoms with E-state index in [1.807, 2.05) is 0 Å². The number of nitroso groups, excluding NO2 is 2. The minimum Gasteiger partial charge on any atom is -0.466 e. The van der Waals surface area contributed by atoms with E-state index >= 15 is 0 Å². The van der Waals surface area contributed by atoms with Crippen molar-refractivity contribution in [2.24, 2.45) is 10.6 Å². The minimum atomic E-state index is -1.38. The number of ether oxygens (including phenoxy) is 2. The van der Waals surface area contributed by atoms with Crippen molar-refractivity contribution >= 4 is 23.5 Å². The van der Waals surface area contributed by atoms with Crippen LogP contribution in [0.1, 0.15) is 37.0 Å². The van der Waals surface area contributed by atoms with Crippen LogP contribution in [0.2, 0.25) is 0 Å². The Labute approximate surface area is 161 Å². The predicted octanol–water partition coefficient (Wildman–Crippen LogP) is 2.20. The molecule has 0 fully saturated rings. The summed E-state index contributed by atoms with van der Waals surface area (Å²) < 4.78 is 9.69. The molecule has 0 bridgehead atoms. The average Bonchev–Trinajstić information content (AvgIpc) is 2.70. The van der Waals surface area contributed by atoms with Gasteiger partial charge in [-0.25, -0.2) is 9.80 Å². The summed E-state index contributed by atoms with van der Waals surface area (Å²) in [5.74, 6) is -2.30. The van der Waals surface area contributed by atoms with Gasteiger partial charge < -0.3 is 9.47 Å². The summed E-state index contributed by atoms with van der Waals surface area (Å²) in [6.07, 6.45) is -0.392. The Morgan fingerprint density at radius 1 is 1.00 bits per heavy atom. The van der Waals surface area contributed by atoms with Gasteiger partial charge in [0.15, 0.2) is 6.04 Å². The Morgan fingerprint density at radius 2 is 1.61 bits per heavy atom. The lowest BCUT2D eigenvalue weighted by atomic mass is 10.1. The molecule has 1 atom stereocenters. The highest BCUT2D eigenvalue weighted by atomic mass is 16.5. The van der Waals surface area contributed by atoms with E-state index in [9.17, 15) is 24.2 Å². The quantitative estimate of drug-likeness (QED) is 0.317. The molecular formula is C17H22N4O7. The lowest BCUT2D eigenvalue weighted by Gasteiger charge is -2.23. The third-order valence-corrected chi connectivity index (χ3v) is 3.69. The number of carbonyl (C=O) groups excluding carboxylic acids is 3. The van der Waals surface area contributed by atoms with E-state index in [2.05, 4.69) is 10.6 Å². The smallest absolute Gasteiger partial charge is 0.331 e. The van der Waals surface area contributed by atoms with Gasteiger partial charge >= 0.3 is 11.9 Å². The van der Waals surface area contributed by atoms with E-state index in [4.69, 9.17) is 9.47 Å². The maximum absolute atomic E-state index is 12.7. The lowest BCUT2D eigenvalue weighted by molar-refractivity contribution is -0.150. The number of nitrogens with zero attached hydrogens (tertiary/aromatic N) is 4. The van der Waals surface area contributed by atoms with Gasteiger partial charge in [-0.15, -0.1) is 9.81 Å². The normalized spacial score (nSPS) is 11.1. The SMILES string of the molecule is CCOC(=O)CC[C@H](C(=O)OCC)N(N=O)C(=O)c1ccc(N(C)N=O)cc1. The molecule has 0 N–H and O–H groups in total. The first-order valence-corrected chi connectivity index (χ1v) is 8.55. The average molecular weight is 394 g/mol. The van der Waals surface area contributed by atoms with Crippen molar-refractivity contribution in [3.8, 4) is 0 Å². The van der Waals surface area contributed by atoms with E-state index in [1.165, 1.54) is 31.3 Å². The molecule has 0 saturated heterocycles. The number of carbonyl (C=O) groups is 3. The second kappa shape index (κ2) is 11.4. The van der Waals surface area contributed by atoms with E-state index in [0.717, 1.165) is 5.01 Å². The van der Waals surface area contributed by atoms with Crippen LogP contribution in [0.25, 0.3) is 0 Å². The fourth-order valence-electron chi connectivity index (χ4n) is 2.30.